The number of rotatable bonds is 7. The van der Waals surface area contributed by atoms with Crippen LogP contribution in [-0.4, -0.2) is 44.9 Å². The third-order valence-electron chi connectivity index (χ3n) is 8.02. The monoisotopic (exact) mass is 533 g/mol. The van der Waals surface area contributed by atoms with Gasteiger partial charge in [0.15, 0.2) is 5.82 Å². The van der Waals surface area contributed by atoms with Crippen LogP contribution in [0.25, 0.3) is 22.5 Å². The van der Waals surface area contributed by atoms with Gasteiger partial charge in [-0.3, -0.25) is 9.69 Å². The van der Waals surface area contributed by atoms with Gasteiger partial charge in [-0.05, 0) is 71.8 Å². The number of carbonyl (C=O) groups is 1. The number of hydrogen-bond acceptors (Lipinski definition) is 7. The predicted molar refractivity (Wildman–Crippen MR) is 151 cm³/mol. The summed E-state index contributed by atoms with van der Waals surface area (Å²) in [6.07, 6.45) is 4.85. The van der Waals surface area contributed by atoms with Gasteiger partial charge in [-0.2, -0.15) is 5.26 Å². The molecule has 4 heterocycles. The van der Waals surface area contributed by atoms with Crippen LogP contribution in [-0.2, 0) is 24.9 Å². The highest BCUT2D eigenvalue weighted by Crippen LogP contribution is 2.43. The van der Waals surface area contributed by atoms with Crippen molar-refractivity contribution in [3.63, 3.8) is 0 Å². The first kappa shape index (κ1) is 24.6. The zero-order valence-electron chi connectivity index (χ0n) is 22.3. The molecule has 2 aliphatic heterocycles. The van der Waals surface area contributed by atoms with E-state index in [0.29, 0.717) is 42.3 Å². The molecule has 0 unspecified atom stereocenters. The lowest BCUT2D eigenvalue weighted by molar-refractivity contribution is 0.0996. The summed E-state index contributed by atoms with van der Waals surface area (Å²) < 4.78 is 7.31. The van der Waals surface area contributed by atoms with Crippen LogP contribution in [0, 0.1) is 11.3 Å². The Balaban J connectivity index is 0.00000302. The molecule has 0 bridgehead atoms. The minimum Gasteiger partial charge on any atom is -0.380 e. The number of nitrogens with one attached hydrogen (secondary N) is 1. The topological polar surface area (TPSA) is 109 Å². The molecule has 1 saturated heterocycles. The Labute approximate surface area is 233 Å². The molecular formula is C31H31N7O2. The number of hydrogen-bond donors (Lipinski definition) is 1. The van der Waals surface area contributed by atoms with Crippen LogP contribution in [0.1, 0.15) is 59.3 Å². The van der Waals surface area contributed by atoms with E-state index in [2.05, 4.69) is 39.8 Å². The zero-order valence-corrected chi connectivity index (χ0v) is 22.3. The van der Waals surface area contributed by atoms with E-state index in [1.165, 1.54) is 0 Å². The highest BCUT2D eigenvalue weighted by Gasteiger charge is 2.32. The van der Waals surface area contributed by atoms with Gasteiger partial charge in [0.25, 0.3) is 5.91 Å². The molecule has 9 nitrogen and oxygen atoms in total. The van der Waals surface area contributed by atoms with Gasteiger partial charge in [0, 0.05) is 50.4 Å². The van der Waals surface area contributed by atoms with Crippen LogP contribution in [0.15, 0.2) is 54.9 Å². The molecule has 4 aromatic rings. The summed E-state index contributed by atoms with van der Waals surface area (Å²) >= 11 is 0. The summed E-state index contributed by atoms with van der Waals surface area (Å²) in [7, 11) is 1.89. The molecular weight excluding hydrogens is 502 g/mol. The van der Waals surface area contributed by atoms with E-state index >= 15 is 0 Å². The number of aryl methyl sites for hydroxylation is 1. The molecule has 1 saturated carbocycles. The molecule has 3 aliphatic rings. The number of aromatic nitrogens is 4. The average molecular weight is 534 g/mol. The average Bonchev–Trinajstić information content (AvgIpc) is 3.37. The van der Waals surface area contributed by atoms with Crippen molar-refractivity contribution in [2.45, 2.75) is 44.3 Å². The summed E-state index contributed by atoms with van der Waals surface area (Å²) in [5.41, 5.74) is 7.07. The lowest BCUT2D eigenvalue weighted by Gasteiger charge is -2.18. The standard InChI is InChI=1S/C31H29N7O2.H2/c1-37-18-34-36-30(37)27-10-19(14-32)3-7-25(27)23-12-28(21-5-6-21)35-29(13-23)38-16-22-4-2-20(11-26(22)31(38)39)15-33-24-8-9-40-17-24;/h2-4,7,10-13,18,21,24,33H,5-6,8-9,15-17H2,1H3;1H/t24-;/m0./s1. The van der Waals surface area contributed by atoms with Gasteiger partial charge in [0.2, 0.25) is 0 Å². The molecule has 202 valence electrons. The number of amides is 1. The fourth-order valence-corrected chi connectivity index (χ4v) is 5.60. The van der Waals surface area contributed by atoms with Crippen LogP contribution in [0.4, 0.5) is 5.82 Å². The first-order valence-electron chi connectivity index (χ1n) is 13.7. The fraction of sp³-hybridized carbons (Fsp3) is 0.323. The van der Waals surface area contributed by atoms with E-state index < -0.39 is 0 Å². The van der Waals surface area contributed by atoms with Crippen molar-refractivity contribution in [2.75, 3.05) is 18.1 Å². The van der Waals surface area contributed by atoms with Crippen LogP contribution < -0.4 is 10.2 Å². The van der Waals surface area contributed by atoms with Gasteiger partial charge in [-0.15, -0.1) is 10.2 Å². The Morgan fingerprint density at radius 2 is 2.00 bits per heavy atom. The Hall–Kier alpha value is -4.39. The van der Waals surface area contributed by atoms with E-state index in [1.54, 1.807) is 11.2 Å². The van der Waals surface area contributed by atoms with Crippen molar-refractivity contribution in [1.29, 1.82) is 5.26 Å². The number of ether oxygens (including phenoxy) is 1. The van der Waals surface area contributed by atoms with E-state index in [0.717, 1.165) is 71.6 Å². The second-order valence-electron chi connectivity index (χ2n) is 10.9. The summed E-state index contributed by atoms with van der Waals surface area (Å²) in [5.74, 6) is 1.69. The van der Waals surface area contributed by atoms with Crippen molar-refractivity contribution in [2.24, 2.45) is 7.05 Å². The molecule has 2 fully saturated rings. The number of carbonyl (C=O) groups excluding carboxylic acids is 1. The minimum absolute atomic E-state index is 0. The second kappa shape index (κ2) is 9.97. The highest BCUT2D eigenvalue weighted by molar-refractivity contribution is 6.10. The summed E-state index contributed by atoms with van der Waals surface area (Å²) in [6.45, 7) is 2.73. The fourth-order valence-electron chi connectivity index (χ4n) is 5.60. The number of anilines is 1. The summed E-state index contributed by atoms with van der Waals surface area (Å²) in [4.78, 5) is 20.5. The Morgan fingerprint density at radius 1 is 1.10 bits per heavy atom. The molecule has 0 radical (unpaired) electrons. The summed E-state index contributed by atoms with van der Waals surface area (Å²) in [6, 6.07) is 18.5. The number of fused-ring (bicyclic) bond motifs is 1. The van der Waals surface area contributed by atoms with Crippen LogP contribution >= 0.6 is 0 Å². The maximum Gasteiger partial charge on any atom is 0.260 e. The van der Waals surface area contributed by atoms with Crippen molar-refractivity contribution < 1.29 is 11.0 Å². The van der Waals surface area contributed by atoms with E-state index in [4.69, 9.17) is 9.72 Å². The van der Waals surface area contributed by atoms with Gasteiger partial charge in [-0.25, -0.2) is 4.98 Å². The maximum atomic E-state index is 13.7. The Bertz CT molecular complexity index is 1670. The SMILES string of the molecule is Cn1cnnc1-c1cc(C#N)ccc1-c1cc(C2CC2)nc(N2Cc3ccc(CN[C@H]4CCOC4)cc3C2=O)c1.[HH]. The molecule has 9 heteroatoms. The molecule has 40 heavy (non-hydrogen) atoms. The molecule has 1 N–H and O–H groups in total. The lowest BCUT2D eigenvalue weighted by Crippen LogP contribution is -2.28. The Kier molecular flexibility index (Phi) is 6.14. The molecule has 2 aromatic heterocycles. The van der Waals surface area contributed by atoms with Gasteiger partial charge in [0.1, 0.15) is 12.1 Å². The van der Waals surface area contributed by atoms with Gasteiger partial charge in [0.05, 0.1) is 24.8 Å². The van der Waals surface area contributed by atoms with E-state index in [1.807, 2.05) is 41.9 Å². The van der Waals surface area contributed by atoms with Crippen molar-refractivity contribution >= 4 is 11.7 Å². The maximum absolute atomic E-state index is 13.7. The van der Waals surface area contributed by atoms with Crippen LogP contribution in [0.2, 0.25) is 0 Å². The van der Waals surface area contributed by atoms with Gasteiger partial charge in [-0.1, -0.05) is 18.2 Å². The number of nitrogens with zero attached hydrogens (tertiary/aromatic N) is 6. The number of nitriles is 1. The van der Waals surface area contributed by atoms with Crippen molar-refractivity contribution in [1.82, 2.24) is 25.1 Å². The van der Waals surface area contributed by atoms with Gasteiger partial charge >= 0.3 is 0 Å². The molecule has 1 amide bonds. The minimum atomic E-state index is -0.0270. The number of pyridine rings is 1. The van der Waals surface area contributed by atoms with E-state index in [-0.39, 0.29) is 7.33 Å². The summed E-state index contributed by atoms with van der Waals surface area (Å²) in [5, 5.41) is 21.5. The number of benzene rings is 2. The third-order valence-corrected chi connectivity index (χ3v) is 8.02. The lowest BCUT2D eigenvalue weighted by atomic mass is 9.96. The zero-order chi connectivity index (χ0) is 27.2. The third kappa shape index (κ3) is 4.55. The molecule has 1 atom stereocenters. The van der Waals surface area contributed by atoms with Crippen molar-refractivity contribution in [3.05, 3.63) is 82.8 Å². The smallest absolute Gasteiger partial charge is 0.260 e. The molecule has 2 aromatic carbocycles. The largest absolute Gasteiger partial charge is 0.380 e. The Morgan fingerprint density at radius 3 is 2.75 bits per heavy atom. The normalized spacial score (nSPS) is 18.2. The molecule has 7 rings (SSSR count). The quantitative estimate of drug-likeness (QED) is 0.370. The van der Waals surface area contributed by atoms with Crippen molar-refractivity contribution in [3.8, 4) is 28.6 Å². The molecule has 0 spiro atoms. The van der Waals surface area contributed by atoms with E-state index in [9.17, 15) is 10.1 Å². The van der Waals surface area contributed by atoms with Crippen LogP contribution in [0.5, 0.6) is 0 Å². The van der Waals surface area contributed by atoms with Crippen LogP contribution in [0.3, 0.4) is 0 Å². The first-order valence-corrected chi connectivity index (χ1v) is 13.7. The highest BCUT2D eigenvalue weighted by atomic mass is 16.5. The predicted octanol–water partition coefficient (Wildman–Crippen LogP) is 4.58. The van der Waals surface area contributed by atoms with Gasteiger partial charge < -0.3 is 14.6 Å². The first-order chi connectivity index (χ1) is 19.6. The second-order valence-corrected chi connectivity index (χ2v) is 10.9. The molecule has 1 aliphatic carbocycles.